The second kappa shape index (κ2) is 4.81. The number of unbranched alkanes of at least 4 members (excludes halogenated alkanes) is 1. The molecule has 88 valence electrons. The van der Waals surface area contributed by atoms with Crippen molar-refractivity contribution in [2.24, 2.45) is 5.73 Å². The van der Waals surface area contributed by atoms with Crippen molar-refractivity contribution >= 4 is 0 Å². The zero-order valence-electron chi connectivity index (χ0n) is 9.87. The Labute approximate surface area is 93.0 Å². The maximum atomic E-state index is 6.33. The summed E-state index contributed by atoms with van der Waals surface area (Å²) in [5.74, 6) is 0. The molecular formula is C12H24N2O. The van der Waals surface area contributed by atoms with E-state index in [-0.39, 0.29) is 5.54 Å². The first-order valence-electron chi connectivity index (χ1n) is 6.34. The average molecular weight is 212 g/mol. The van der Waals surface area contributed by atoms with Gasteiger partial charge in [-0.3, -0.25) is 4.90 Å². The van der Waals surface area contributed by atoms with E-state index in [9.17, 15) is 0 Å². The summed E-state index contributed by atoms with van der Waals surface area (Å²) in [6.45, 7) is 6.12. The van der Waals surface area contributed by atoms with Crippen LogP contribution in [-0.4, -0.2) is 42.8 Å². The van der Waals surface area contributed by atoms with Crippen LogP contribution in [0.4, 0.5) is 0 Å². The van der Waals surface area contributed by atoms with Crippen LogP contribution in [0.15, 0.2) is 0 Å². The summed E-state index contributed by atoms with van der Waals surface area (Å²) in [6, 6.07) is 0.831. The maximum Gasteiger partial charge on any atom is 0.0659 e. The van der Waals surface area contributed by atoms with E-state index < -0.39 is 0 Å². The molecule has 0 aromatic rings. The zero-order valence-corrected chi connectivity index (χ0v) is 9.87. The fourth-order valence-corrected chi connectivity index (χ4v) is 2.34. The molecule has 1 aliphatic carbocycles. The van der Waals surface area contributed by atoms with Crippen LogP contribution in [0.2, 0.25) is 0 Å². The molecule has 0 aromatic heterocycles. The van der Waals surface area contributed by atoms with E-state index >= 15 is 0 Å². The van der Waals surface area contributed by atoms with E-state index in [4.69, 9.17) is 10.5 Å². The molecule has 2 rings (SSSR count). The Bertz CT molecular complexity index is 198. The SMILES string of the molecule is CCCCN(CC1(N)CCOC1)C1CC1. The lowest BCUT2D eigenvalue weighted by Gasteiger charge is -2.31. The first kappa shape index (κ1) is 11.4. The van der Waals surface area contributed by atoms with Crippen molar-refractivity contribution in [1.29, 1.82) is 0 Å². The van der Waals surface area contributed by atoms with Crippen molar-refractivity contribution in [2.45, 2.75) is 50.6 Å². The first-order valence-corrected chi connectivity index (χ1v) is 6.34. The van der Waals surface area contributed by atoms with E-state index in [0.717, 1.165) is 32.2 Å². The lowest BCUT2D eigenvalue weighted by atomic mass is 9.99. The van der Waals surface area contributed by atoms with Gasteiger partial charge in [0.15, 0.2) is 0 Å². The smallest absolute Gasteiger partial charge is 0.0659 e. The van der Waals surface area contributed by atoms with Gasteiger partial charge < -0.3 is 10.5 Å². The summed E-state index contributed by atoms with van der Waals surface area (Å²) < 4.78 is 5.41. The molecule has 2 aliphatic rings. The van der Waals surface area contributed by atoms with Crippen LogP contribution < -0.4 is 5.73 Å². The number of hydrogen-bond donors (Lipinski definition) is 1. The highest BCUT2D eigenvalue weighted by Crippen LogP contribution is 2.29. The predicted molar refractivity (Wildman–Crippen MR) is 61.9 cm³/mol. The zero-order chi connectivity index (χ0) is 10.7. The van der Waals surface area contributed by atoms with Gasteiger partial charge >= 0.3 is 0 Å². The van der Waals surface area contributed by atoms with Gasteiger partial charge in [0.1, 0.15) is 0 Å². The minimum absolute atomic E-state index is 0.0592. The molecule has 1 unspecified atom stereocenters. The summed E-state index contributed by atoms with van der Waals surface area (Å²) in [5.41, 5.74) is 6.27. The molecule has 0 radical (unpaired) electrons. The molecule has 1 atom stereocenters. The van der Waals surface area contributed by atoms with Gasteiger partial charge in [0.05, 0.1) is 12.1 Å². The highest BCUT2D eigenvalue weighted by Gasteiger charge is 2.37. The van der Waals surface area contributed by atoms with E-state index in [1.54, 1.807) is 0 Å². The van der Waals surface area contributed by atoms with Gasteiger partial charge in [-0.05, 0) is 32.2 Å². The number of nitrogens with zero attached hydrogens (tertiary/aromatic N) is 1. The summed E-state index contributed by atoms with van der Waals surface area (Å²) in [6.07, 6.45) is 6.36. The Morgan fingerprint density at radius 2 is 2.27 bits per heavy atom. The van der Waals surface area contributed by atoms with E-state index in [1.165, 1.54) is 32.2 Å². The van der Waals surface area contributed by atoms with Gasteiger partial charge in [-0.25, -0.2) is 0 Å². The van der Waals surface area contributed by atoms with Gasteiger partial charge in [-0.15, -0.1) is 0 Å². The Kier molecular flexibility index (Phi) is 3.65. The lowest BCUT2D eigenvalue weighted by molar-refractivity contribution is 0.148. The van der Waals surface area contributed by atoms with Crippen LogP contribution in [0.5, 0.6) is 0 Å². The number of hydrogen-bond acceptors (Lipinski definition) is 3. The molecule has 1 saturated carbocycles. The fraction of sp³-hybridized carbons (Fsp3) is 1.00. The molecule has 3 nitrogen and oxygen atoms in total. The second-order valence-electron chi connectivity index (χ2n) is 5.22. The first-order chi connectivity index (χ1) is 7.23. The molecule has 2 fully saturated rings. The quantitative estimate of drug-likeness (QED) is 0.722. The van der Waals surface area contributed by atoms with Gasteiger partial charge in [-0.2, -0.15) is 0 Å². The third kappa shape index (κ3) is 3.16. The maximum absolute atomic E-state index is 6.33. The summed E-state index contributed by atoms with van der Waals surface area (Å²) in [7, 11) is 0. The highest BCUT2D eigenvalue weighted by atomic mass is 16.5. The Morgan fingerprint density at radius 1 is 1.47 bits per heavy atom. The highest BCUT2D eigenvalue weighted by molar-refractivity contribution is 4.95. The number of nitrogens with two attached hydrogens (primary N) is 1. The minimum atomic E-state index is -0.0592. The molecule has 0 amide bonds. The standard InChI is InChI=1S/C12H24N2O/c1-2-3-7-14(11-4-5-11)9-12(13)6-8-15-10-12/h11H,2-10,13H2,1H3. The normalized spacial score (nSPS) is 31.4. The third-order valence-electron chi connectivity index (χ3n) is 3.51. The Balaban J connectivity index is 1.82. The third-order valence-corrected chi connectivity index (χ3v) is 3.51. The lowest BCUT2D eigenvalue weighted by Crippen LogP contribution is -2.51. The van der Waals surface area contributed by atoms with Crippen molar-refractivity contribution in [1.82, 2.24) is 4.90 Å². The average Bonchev–Trinajstić information content (AvgIpc) is 2.98. The van der Waals surface area contributed by atoms with Crippen LogP contribution in [0, 0.1) is 0 Å². The summed E-state index contributed by atoms with van der Waals surface area (Å²) in [4.78, 5) is 2.60. The van der Waals surface area contributed by atoms with Crippen molar-refractivity contribution < 1.29 is 4.74 Å². The molecule has 15 heavy (non-hydrogen) atoms. The van der Waals surface area contributed by atoms with E-state index in [0.29, 0.717) is 0 Å². The van der Waals surface area contributed by atoms with Crippen molar-refractivity contribution in [3.8, 4) is 0 Å². The van der Waals surface area contributed by atoms with Crippen LogP contribution in [0.25, 0.3) is 0 Å². The molecule has 2 N–H and O–H groups in total. The fourth-order valence-electron chi connectivity index (χ4n) is 2.34. The molecular weight excluding hydrogens is 188 g/mol. The molecule has 0 bridgehead atoms. The van der Waals surface area contributed by atoms with Crippen LogP contribution in [0.1, 0.15) is 39.0 Å². The van der Waals surface area contributed by atoms with Crippen molar-refractivity contribution in [2.75, 3.05) is 26.3 Å². The monoisotopic (exact) mass is 212 g/mol. The molecule has 1 heterocycles. The number of rotatable bonds is 6. The van der Waals surface area contributed by atoms with Crippen molar-refractivity contribution in [3.63, 3.8) is 0 Å². The molecule has 3 heteroatoms. The van der Waals surface area contributed by atoms with Crippen LogP contribution in [-0.2, 0) is 4.74 Å². The van der Waals surface area contributed by atoms with E-state index in [2.05, 4.69) is 11.8 Å². The Hall–Kier alpha value is -0.120. The largest absolute Gasteiger partial charge is 0.379 e. The Morgan fingerprint density at radius 3 is 2.80 bits per heavy atom. The topological polar surface area (TPSA) is 38.5 Å². The minimum Gasteiger partial charge on any atom is -0.379 e. The van der Waals surface area contributed by atoms with Gasteiger partial charge in [0, 0.05) is 19.2 Å². The van der Waals surface area contributed by atoms with Crippen LogP contribution in [0.3, 0.4) is 0 Å². The van der Waals surface area contributed by atoms with E-state index in [1.807, 2.05) is 0 Å². The molecule has 0 aromatic carbocycles. The van der Waals surface area contributed by atoms with Crippen LogP contribution >= 0.6 is 0 Å². The van der Waals surface area contributed by atoms with Gasteiger partial charge in [-0.1, -0.05) is 13.3 Å². The second-order valence-corrected chi connectivity index (χ2v) is 5.22. The summed E-state index contributed by atoms with van der Waals surface area (Å²) in [5, 5.41) is 0. The van der Waals surface area contributed by atoms with Crippen molar-refractivity contribution in [3.05, 3.63) is 0 Å². The predicted octanol–water partition coefficient (Wildman–Crippen LogP) is 1.37. The molecule has 0 spiro atoms. The van der Waals surface area contributed by atoms with Gasteiger partial charge in [0.25, 0.3) is 0 Å². The summed E-state index contributed by atoms with van der Waals surface area (Å²) >= 11 is 0. The van der Waals surface area contributed by atoms with Gasteiger partial charge in [0.2, 0.25) is 0 Å². The number of ether oxygens (including phenoxy) is 1. The molecule has 1 saturated heterocycles. The molecule has 1 aliphatic heterocycles.